The Bertz CT molecular complexity index is 460. The quantitative estimate of drug-likeness (QED) is 0.796. The molecule has 1 aromatic rings. The highest BCUT2D eigenvalue weighted by molar-refractivity contribution is 6.65. The van der Waals surface area contributed by atoms with Gasteiger partial charge in [-0.2, -0.15) is 0 Å². The summed E-state index contributed by atoms with van der Waals surface area (Å²) in [6.45, 7) is 1.72. The zero-order valence-corrected chi connectivity index (χ0v) is 9.56. The average Bonchev–Trinajstić information content (AvgIpc) is 2.33. The maximum Gasteiger partial charge on any atom is 0.267 e. The molecule has 0 saturated carbocycles. The normalized spacial score (nSPS) is 22.7. The van der Waals surface area contributed by atoms with E-state index >= 15 is 0 Å². The second-order valence-corrected chi connectivity index (χ2v) is 4.35. The second-order valence-electron chi connectivity index (χ2n) is 4.35. The van der Waals surface area contributed by atoms with Gasteiger partial charge in [-0.1, -0.05) is 19.0 Å². The Morgan fingerprint density at radius 3 is 3.12 bits per heavy atom. The molecule has 1 heterocycles. The monoisotopic (exact) mass is 233 g/mol. The van der Waals surface area contributed by atoms with Crippen LogP contribution in [0, 0.1) is 17.0 Å². The van der Waals surface area contributed by atoms with E-state index in [0.717, 1.165) is 0 Å². The fourth-order valence-corrected chi connectivity index (χ4v) is 2.12. The van der Waals surface area contributed by atoms with Gasteiger partial charge in [0, 0.05) is 11.5 Å². The molecule has 0 radical (unpaired) electrons. The Morgan fingerprint density at radius 2 is 2.41 bits per heavy atom. The number of aliphatic hydroxyl groups excluding tert-OH is 1. The second kappa shape index (κ2) is 4.86. The summed E-state index contributed by atoms with van der Waals surface area (Å²) in [6.07, 6.45) is -0.782. The highest BCUT2D eigenvalue weighted by Crippen LogP contribution is 2.36. The fraction of sp³-hybridized carbons (Fsp3) is 0.417. The molecule has 88 valence electrons. The highest BCUT2D eigenvalue weighted by Gasteiger charge is 2.31. The van der Waals surface area contributed by atoms with Gasteiger partial charge >= 0.3 is 0 Å². The molecule has 1 aliphatic rings. The predicted molar refractivity (Wildman–Crippen MR) is 62.1 cm³/mol. The number of fused-ring (bicyclic) bond motifs is 1. The standard InChI is InChI=1S/C12H13BFNO2/c1-13(7-15)5-11-12-8(10(16)6-17-11)3-2-4-9(12)14/h2-4,10-11,16H,5-6H2,1H3/t10-,11-/m1/s1. The van der Waals surface area contributed by atoms with Gasteiger partial charge in [0.05, 0.1) is 12.7 Å². The van der Waals surface area contributed by atoms with Crippen molar-refractivity contribution >= 4 is 6.71 Å². The van der Waals surface area contributed by atoms with E-state index in [1.807, 2.05) is 0 Å². The number of halogens is 1. The molecule has 0 bridgehead atoms. The van der Waals surface area contributed by atoms with Crippen LogP contribution in [-0.2, 0) is 4.74 Å². The third kappa shape index (κ3) is 2.33. The maximum absolute atomic E-state index is 13.8. The minimum atomic E-state index is -0.783. The smallest absolute Gasteiger partial charge is 0.267 e. The lowest BCUT2D eigenvalue weighted by molar-refractivity contribution is -0.0244. The van der Waals surface area contributed by atoms with Crippen molar-refractivity contribution in [2.45, 2.75) is 25.4 Å². The Hall–Kier alpha value is -1.38. The zero-order chi connectivity index (χ0) is 12.4. The molecule has 2 atom stereocenters. The summed E-state index contributed by atoms with van der Waals surface area (Å²) >= 11 is 0. The van der Waals surface area contributed by atoms with Crippen LogP contribution >= 0.6 is 0 Å². The van der Waals surface area contributed by atoms with Crippen molar-refractivity contribution in [2.75, 3.05) is 6.61 Å². The van der Waals surface area contributed by atoms with Crippen LogP contribution in [0.2, 0.25) is 13.1 Å². The van der Waals surface area contributed by atoms with E-state index in [2.05, 4.69) is 5.97 Å². The summed E-state index contributed by atoms with van der Waals surface area (Å²) in [5.74, 6) is 1.73. The van der Waals surface area contributed by atoms with Crippen LogP contribution in [0.5, 0.6) is 0 Å². The molecule has 0 fully saturated rings. The number of benzene rings is 1. The molecule has 0 spiro atoms. The van der Waals surface area contributed by atoms with E-state index in [1.165, 1.54) is 6.07 Å². The molecular weight excluding hydrogens is 220 g/mol. The van der Waals surface area contributed by atoms with Crippen LogP contribution in [0.1, 0.15) is 23.3 Å². The van der Waals surface area contributed by atoms with Crippen molar-refractivity contribution in [3.8, 4) is 5.97 Å². The summed E-state index contributed by atoms with van der Waals surface area (Å²) in [6, 6.07) is 4.63. The van der Waals surface area contributed by atoms with Gasteiger partial charge < -0.3 is 9.84 Å². The molecule has 1 N–H and O–H groups in total. The topological polar surface area (TPSA) is 53.2 Å². The number of ether oxygens (including phenoxy) is 1. The molecule has 0 aliphatic carbocycles. The lowest BCUT2D eigenvalue weighted by Gasteiger charge is -2.29. The fourth-order valence-electron chi connectivity index (χ4n) is 2.12. The lowest BCUT2D eigenvalue weighted by atomic mass is 9.49. The van der Waals surface area contributed by atoms with Crippen molar-refractivity contribution < 1.29 is 14.2 Å². The van der Waals surface area contributed by atoms with Gasteiger partial charge in [-0.15, -0.1) is 0 Å². The van der Waals surface area contributed by atoms with Gasteiger partial charge in [0.1, 0.15) is 11.9 Å². The SMILES string of the molecule is CB(C#N)C[C@H]1OC[C@@H](O)c2cccc(F)c21. The summed E-state index contributed by atoms with van der Waals surface area (Å²) in [7, 11) is 0. The van der Waals surface area contributed by atoms with E-state index in [9.17, 15) is 9.50 Å². The van der Waals surface area contributed by atoms with E-state index in [1.54, 1.807) is 19.0 Å². The maximum atomic E-state index is 13.8. The number of nitrogens with zero attached hydrogens (tertiary/aromatic N) is 1. The van der Waals surface area contributed by atoms with Crippen LogP contribution in [0.4, 0.5) is 4.39 Å². The van der Waals surface area contributed by atoms with Crippen LogP contribution in [0.15, 0.2) is 18.2 Å². The molecular formula is C12H13BFNO2. The summed E-state index contributed by atoms with van der Waals surface area (Å²) < 4.78 is 19.2. The number of hydrogen-bond donors (Lipinski definition) is 1. The van der Waals surface area contributed by atoms with Crippen LogP contribution < -0.4 is 0 Å². The Kier molecular flexibility index (Phi) is 3.46. The first-order chi connectivity index (χ1) is 8.13. The molecule has 1 aliphatic heterocycles. The van der Waals surface area contributed by atoms with E-state index in [-0.39, 0.29) is 19.1 Å². The van der Waals surface area contributed by atoms with Gasteiger partial charge in [0.25, 0.3) is 6.71 Å². The molecule has 2 rings (SSSR count). The van der Waals surface area contributed by atoms with Crippen molar-refractivity contribution in [1.82, 2.24) is 0 Å². The first-order valence-electron chi connectivity index (χ1n) is 5.61. The Balaban J connectivity index is 2.35. The number of rotatable bonds is 2. The van der Waals surface area contributed by atoms with Gasteiger partial charge in [-0.05, 0) is 17.9 Å². The van der Waals surface area contributed by atoms with Crippen LogP contribution in [0.3, 0.4) is 0 Å². The molecule has 5 heteroatoms. The number of aliphatic hydroxyl groups is 1. The van der Waals surface area contributed by atoms with Crippen molar-refractivity contribution in [1.29, 1.82) is 5.26 Å². The Morgan fingerprint density at radius 1 is 1.65 bits per heavy atom. The van der Waals surface area contributed by atoms with E-state index in [4.69, 9.17) is 10.00 Å². The number of hydrogen-bond acceptors (Lipinski definition) is 3. The van der Waals surface area contributed by atoms with E-state index < -0.39 is 12.2 Å². The molecule has 3 nitrogen and oxygen atoms in total. The van der Waals surface area contributed by atoms with Gasteiger partial charge in [0.2, 0.25) is 0 Å². The van der Waals surface area contributed by atoms with Gasteiger partial charge in [-0.3, -0.25) is 0 Å². The molecule has 0 unspecified atom stereocenters. The molecule has 1 aromatic carbocycles. The van der Waals surface area contributed by atoms with Gasteiger partial charge in [0.15, 0.2) is 0 Å². The number of nitriles is 1. The minimum Gasteiger partial charge on any atom is -0.386 e. The highest BCUT2D eigenvalue weighted by atomic mass is 19.1. The summed E-state index contributed by atoms with van der Waals surface area (Å²) in [4.78, 5) is 0. The van der Waals surface area contributed by atoms with Crippen molar-refractivity contribution in [3.63, 3.8) is 0 Å². The minimum absolute atomic E-state index is 0.152. The largest absolute Gasteiger partial charge is 0.386 e. The van der Waals surface area contributed by atoms with Crippen LogP contribution in [0.25, 0.3) is 0 Å². The first kappa shape index (κ1) is 12.1. The predicted octanol–water partition coefficient (Wildman–Crippen LogP) is 2.12. The third-order valence-corrected chi connectivity index (χ3v) is 3.01. The van der Waals surface area contributed by atoms with Gasteiger partial charge in [-0.25, -0.2) is 9.65 Å². The van der Waals surface area contributed by atoms with Crippen molar-refractivity contribution in [2.24, 2.45) is 0 Å². The molecule has 0 amide bonds. The third-order valence-electron chi connectivity index (χ3n) is 3.01. The zero-order valence-electron chi connectivity index (χ0n) is 9.56. The van der Waals surface area contributed by atoms with Crippen molar-refractivity contribution in [3.05, 3.63) is 35.1 Å². The molecule has 0 saturated heterocycles. The lowest BCUT2D eigenvalue weighted by Crippen LogP contribution is -2.25. The van der Waals surface area contributed by atoms with E-state index in [0.29, 0.717) is 17.4 Å². The van der Waals surface area contributed by atoms with Crippen LogP contribution in [-0.4, -0.2) is 18.4 Å². The average molecular weight is 233 g/mol. The molecule has 0 aromatic heterocycles. The summed E-state index contributed by atoms with van der Waals surface area (Å²) in [5.41, 5.74) is 0.972. The molecule has 17 heavy (non-hydrogen) atoms. The summed E-state index contributed by atoms with van der Waals surface area (Å²) in [5, 5.41) is 18.5. The Labute approximate surface area is 99.9 Å². The first-order valence-corrected chi connectivity index (χ1v) is 5.61.